The van der Waals surface area contributed by atoms with Crippen molar-refractivity contribution in [3.63, 3.8) is 0 Å². The van der Waals surface area contributed by atoms with Crippen LogP contribution in [0.4, 0.5) is 0 Å². The molecule has 114 valence electrons. The molecule has 1 aliphatic carbocycles. The number of methoxy groups -OCH3 is 1. The fourth-order valence-electron chi connectivity index (χ4n) is 3.51. The van der Waals surface area contributed by atoms with E-state index in [0.29, 0.717) is 12.6 Å². The standard InChI is InChI=1S/C15H28N4O/c1-11-14(15(20-4)19(3)17-11)13(10-16)18(2)12-8-6-5-7-9-12/h12-13H,5-10,16H2,1-4H3. The molecule has 0 bridgehead atoms. The summed E-state index contributed by atoms with van der Waals surface area (Å²) < 4.78 is 7.34. The Hall–Kier alpha value is -1.07. The molecule has 1 aliphatic rings. The van der Waals surface area contributed by atoms with Gasteiger partial charge in [-0.15, -0.1) is 0 Å². The third-order valence-electron chi connectivity index (χ3n) is 4.61. The topological polar surface area (TPSA) is 56.3 Å². The molecule has 1 heterocycles. The second-order valence-electron chi connectivity index (χ2n) is 5.84. The highest BCUT2D eigenvalue weighted by atomic mass is 16.5. The van der Waals surface area contributed by atoms with Crippen molar-refractivity contribution >= 4 is 0 Å². The molecule has 0 radical (unpaired) electrons. The molecule has 1 fully saturated rings. The van der Waals surface area contributed by atoms with Crippen LogP contribution in [0.1, 0.15) is 49.4 Å². The van der Waals surface area contributed by atoms with Crippen LogP contribution in [-0.2, 0) is 7.05 Å². The first-order chi connectivity index (χ1) is 9.60. The summed E-state index contributed by atoms with van der Waals surface area (Å²) in [6, 6.07) is 0.809. The highest BCUT2D eigenvalue weighted by Gasteiger charge is 2.30. The summed E-state index contributed by atoms with van der Waals surface area (Å²) in [6.07, 6.45) is 6.57. The van der Waals surface area contributed by atoms with Gasteiger partial charge in [-0.1, -0.05) is 19.3 Å². The zero-order valence-corrected chi connectivity index (χ0v) is 13.2. The lowest BCUT2D eigenvalue weighted by Crippen LogP contribution is -2.40. The molecule has 5 heteroatoms. The molecule has 0 spiro atoms. The van der Waals surface area contributed by atoms with Crippen LogP contribution in [0.25, 0.3) is 0 Å². The second-order valence-corrected chi connectivity index (χ2v) is 5.84. The largest absolute Gasteiger partial charge is 0.481 e. The quantitative estimate of drug-likeness (QED) is 0.896. The number of likely N-dealkylation sites (N-methyl/N-ethyl adjacent to an activating group) is 1. The number of aryl methyl sites for hydroxylation is 2. The molecule has 1 unspecified atom stereocenters. The Bertz CT molecular complexity index is 437. The van der Waals surface area contributed by atoms with E-state index in [-0.39, 0.29) is 6.04 Å². The van der Waals surface area contributed by atoms with Crippen molar-refractivity contribution < 1.29 is 4.74 Å². The number of ether oxygens (including phenoxy) is 1. The predicted molar refractivity (Wildman–Crippen MR) is 80.9 cm³/mol. The zero-order valence-electron chi connectivity index (χ0n) is 13.2. The van der Waals surface area contributed by atoms with Crippen LogP contribution in [-0.4, -0.2) is 41.4 Å². The van der Waals surface area contributed by atoms with E-state index in [9.17, 15) is 0 Å². The molecule has 1 atom stereocenters. The molecular weight excluding hydrogens is 252 g/mol. The second kappa shape index (κ2) is 6.59. The molecule has 0 aliphatic heterocycles. The summed E-state index contributed by atoms with van der Waals surface area (Å²) >= 11 is 0. The van der Waals surface area contributed by atoms with Gasteiger partial charge < -0.3 is 10.5 Å². The molecule has 0 saturated heterocycles. The van der Waals surface area contributed by atoms with Crippen molar-refractivity contribution in [2.45, 2.75) is 51.1 Å². The smallest absolute Gasteiger partial charge is 0.216 e. The Kier molecular flexibility index (Phi) is 5.05. The van der Waals surface area contributed by atoms with Crippen LogP contribution < -0.4 is 10.5 Å². The first kappa shape index (κ1) is 15.3. The molecule has 1 saturated carbocycles. The van der Waals surface area contributed by atoms with Gasteiger partial charge in [-0.25, -0.2) is 4.68 Å². The van der Waals surface area contributed by atoms with Crippen molar-refractivity contribution in [3.05, 3.63) is 11.3 Å². The number of nitrogens with zero attached hydrogens (tertiary/aromatic N) is 3. The fraction of sp³-hybridized carbons (Fsp3) is 0.800. The van der Waals surface area contributed by atoms with E-state index in [1.807, 2.05) is 18.7 Å². The number of hydrogen-bond donors (Lipinski definition) is 1. The van der Waals surface area contributed by atoms with E-state index in [4.69, 9.17) is 10.5 Å². The van der Waals surface area contributed by atoms with Gasteiger partial charge in [0.2, 0.25) is 5.88 Å². The van der Waals surface area contributed by atoms with Gasteiger partial charge in [0, 0.05) is 19.6 Å². The first-order valence-electron chi connectivity index (χ1n) is 7.59. The molecule has 5 nitrogen and oxygen atoms in total. The average Bonchev–Trinajstić information content (AvgIpc) is 2.75. The van der Waals surface area contributed by atoms with Crippen molar-refractivity contribution in [3.8, 4) is 5.88 Å². The van der Waals surface area contributed by atoms with E-state index < -0.39 is 0 Å². The van der Waals surface area contributed by atoms with Gasteiger partial charge in [-0.05, 0) is 26.8 Å². The van der Waals surface area contributed by atoms with Crippen LogP contribution in [0.5, 0.6) is 5.88 Å². The molecular formula is C15H28N4O. The summed E-state index contributed by atoms with van der Waals surface area (Å²) in [6.45, 7) is 2.63. The monoisotopic (exact) mass is 280 g/mol. The van der Waals surface area contributed by atoms with Gasteiger partial charge in [-0.2, -0.15) is 5.10 Å². The van der Waals surface area contributed by atoms with Gasteiger partial charge in [0.1, 0.15) is 0 Å². The van der Waals surface area contributed by atoms with Crippen molar-refractivity contribution in [2.24, 2.45) is 12.8 Å². The summed E-state index contributed by atoms with van der Waals surface area (Å²) in [5.74, 6) is 0.834. The summed E-state index contributed by atoms with van der Waals surface area (Å²) in [7, 11) is 5.82. The minimum atomic E-state index is 0.182. The average molecular weight is 280 g/mol. The minimum absolute atomic E-state index is 0.182. The Labute approximate surface area is 122 Å². The van der Waals surface area contributed by atoms with Crippen LogP contribution in [0.2, 0.25) is 0 Å². The van der Waals surface area contributed by atoms with Crippen LogP contribution in [0.3, 0.4) is 0 Å². The van der Waals surface area contributed by atoms with Crippen LogP contribution >= 0.6 is 0 Å². The van der Waals surface area contributed by atoms with Gasteiger partial charge >= 0.3 is 0 Å². The van der Waals surface area contributed by atoms with E-state index in [1.165, 1.54) is 32.1 Å². The number of rotatable bonds is 5. The van der Waals surface area contributed by atoms with Crippen molar-refractivity contribution in [2.75, 3.05) is 20.7 Å². The maximum Gasteiger partial charge on any atom is 0.216 e. The van der Waals surface area contributed by atoms with Gasteiger partial charge in [-0.3, -0.25) is 4.90 Å². The van der Waals surface area contributed by atoms with Gasteiger partial charge in [0.25, 0.3) is 0 Å². The molecule has 0 amide bonds. The molecule has 2 rings (SSSR count). The Morgan fingerprint density at radius 1 is 1.40 bits per heavy atom. The number of hydrogen-bond acceptors (Lipinski definition) is 4. The van der Waals surface area contributed by atoms with E-state index in [2.05, 4.69) is 17.0 Å². The van der Waals surface area contributed by atoms with E-state index in [0.717, 1.165) is 17.1 Å². The van der Waals surface area contributed by atoms with Gasteiger partial charge in [0.15, 0.2) is 0 Å². The predicted octanol–water partition coefficient (Wildman–Crippen LogP) is 2.00. The fourth-order valence-corrected chi connectivity index (χ4v) is 3.51. The molecule has 0 aromatic carbocycles. The summed E-state index contributed by atoms with van der Waals surface area (Å²) in [4.78, 5) is 2.44. The molecule has 1 aromatic rings. The third-order valence-corrected chi connectivity index (χ3v) is 4.61. The lowest BCUT2D eigenvalue weighted by Gasteiger charge is -2.36. The Morgan fingerprint density at radius 2 is 2.05 bits per heavy atom. The van der Waals surface area contributed by atoms with E-state index in [1.54, 1.807) is 7.11 Å². The highest BCUT2D eigenvalue weighted by molar-refractivity contribution is 5.34. The zero-order chi connectivity index (χ0) is 14.7. The summed E-state index contributed by atoms with van der Waals surface area (Å²) in [5.41, 5.74) is 8.24. The molecule has 1 aromatic heterocycles. The molecule has 2 N–H and O–H groups in total. The number of aromatic nitrogens is 2. The van der Waals surface area contributed by atoms with Crippen LogP contribution in [0.15, 0.2) is 0 Å². The maximum absolute atomic E-state index is 6.08. The summed E-state index contributed by atoms with van der Waals surface area (Å²) in [5, 5.41) is 4.49. The van der Waals surface area contributed by atoms with Crippen molar-refractivity contribution in [1.29, 1.82) is 0 Å². The van der Waals surface area contributed by atoms with Gasteiger partial charge in [0.05, 0.1) is 24.4 Å². The number of nitrogens with two attached hydrogens (primary N) is 1. The Balaban J connectivity index is 2.27. The van der Waals surface area contributed by atoms with E-state index >= 15 is 0 Å². The normalized spacial score (nSPS) is 18.5. The minimum Gasteiger partial charge on any atom is -0.481 e. The third kappa shape index (κ3) is 2.83. The van der Waals surface area contributed by atoms with Crippen molar-refractivity contribution in [1.82, 2.24) is 14.7 Å². The lowest BCUT2D eigenvalue weighted by atomic mass is 9.92. The van der Waals surface area contributed by atoms with Crippen LogP contribution in [0, 0.1) is 6.92 Å². The molecule has 20 heavy (non-hydrogen) atoms. The first-order valence-corrected chi connectivity index (χ1v) is 7.59. The lowest BCUT2D eigenvalue weighted by molar-refractivity contribution is 0.138. The SMILES string of the molecule is COc1c(C(CN)N(C)C2CCCCC2)c(C)nn1C. The Morgan fingerprint density at radius 3 is 2.60 bits per heavy atom. The highest BCUT2D eigenvalue weighted by Crippen LogP contribution is 2.34. The maximum atomic E-state index is 6.08.